The molecule has 47 heavy (non-hydrogen) atoms. The molecule has 0 aliphatic rings. The molecule has 0 aromatic heterocycles. The van der Waals surface area contributed by atoms with Crippen molar-refractivity contribution in [1.82, 2.24) is 0 Å². The Morgan fingerprint density at radius 2 is 0.745 bits per heavy atom. The normalized spacial score (nSPS) is 11.0. The number of benzene rings is 4. The van der Waals surface area contributed by atoms with Crippen LogP contribution in [0.5, 0.6) is 0 Å². The minimum absolute atomic E-state index is 0.160. The zero-order valence-electron chi connectivity index (χ0n) is 29.1. The smallest absolute Gasteiger partial charge is 0.336 e. The third-order valence-corrected chi connectivity index (χ3v) is 10.4. The van der Waals surface area contributed by atoms with Gasteiger partial charge in [0.15, 0.2) is 0 Å². The molecule has 0 amide bonds. The van der Waals surface area contributed by atoms with Crippen LogP contribution in [0.15, 0.2) is 119 Å². The maximum absolute atomic E-state index is 11.1. The largest absolute Gasteiger partial charge is 0.478 e. The zero-order valence-corrected chi connectivity index (χ0v) is 29.9. The van der Waals surface area contributed by atoms with E-state index in [2.05, 4.69) is 102 Å². The molecule has 4 rings (SSSR count). The van der Waals surface area contributed by atoms with E-state index >= 15 is 0 Å². The van der Waals surface area contributed by atoms with Gasteiger partial charge in [-0.15, -0.1) is 0 Å². The number of carboxylic acid groups (broad SMARTS) is 2. The van der Waals surface area contributed by atoms with Gasteiger partial charge in [-0.1, -0.05) is 96.7 Å². The highest BCUT2D eigenvalue weighted by Crippen LogP contribution is 2.32. The highest BCUT2D eigenvalue weighted by Gasteiger charge is 2.21. The van der Waals surface area contributed by atoms with Crippen LogP contribution in [0.3, 0.4) is 0 Å². The van der Waals surface area contributed by atoms with Crippen LogP contribution in [-0.4, -0.2) is 70.4 Å². The molecule has 0 unspecified atom stereocenters. The SMILES string of the molecule is CC[N+](CC)(CC)Cc1ccccc1.CC[N+](CC)(CC)Cc1ccccc1.O=C(O)c1ccccc1Sc1ccccc1C(=O)O. The van der Waals surface area contributed by atoms with Gasteiger partial charge in [0.1, 0.15) is 13.1 Å². The molecule has 4 aromatic rings. The zero-order chi connectivity index (χ0) is 34.7. The molecule has 0 bridgehead atoms. The summed E-state index contributed by atoms with van der Waals surface area (Å²) >= 11 is 1.14. The Hall–Kier alpha value is -3.91. The average molecular weight is 659 g/mol. The fourth-order valence-corrected chi connectivity index (χ4v) is 6.60. The Morgan fingerprint density at radius 3 is 1.02 bits per heavy atom. The van der Waals surface area contributed by atoms with E-state index in [4.69, 9.17) is 10.2 Å². The Kier molecular flexibility index (Phi) is 17.0. The Labute approximate surface area is 286 Å². The van der Waals surface area contributed by atoms with Crippen LogP contribution in [0.2, 0.25) is 0 Å². The molecule has 0 aliphatic carbocycles. The number of rotatable bonds is 14. The van der Waals surface area contributed by atoms with E-state index < -0.39 is 11.9 Å². The second-order valence-corrected chi connectivity index (χ2v) is 12.7. The van der Waals surface area contributed by atoms with Gasteiger partial charge in [-0.25, -0.2) is 9.59 Å². The van der Waals surface area contributed by atoms with Gasteiger partial charge in [-0.05, 0) is 65.8 Å². The van der Waals surface area contributed by atoms with Crippen LogP contribution in [0.4, 0.5) is 0 Å². The van der Waals surface area contributed by atoms with Crippen molar-refractivity contribution in [2.75, 3.05) is 39.3 Å². The van der Waals surface area contributed by atoms with Gasteiger partial charge < -0.3 is 19.2 Å². The number of hydrogen-bond acceptors (Lipinski definition) is 3. The number of carboxylic acids is 2. The molecular weight excluding hydrogens is 605 g/mol. The molecule has 0 spiro atoms. The van der Waals surface area contributed by atoms with Gasteiger partial charge >= 0.3 is 11.9 Å². The van der Waals surface area contributed by atoms with Crippen LogP contribution >= 0.6 is 11.8 Å². The number of quaternary nitrogens is 2. The molecule has 2 N–H and O–H groups in total. The Morgan fingerprint density at radius 1 is 0.468 bits per heavy atom. The summed E-state index contributed by atoms with van der Waals surface area (Å²) < 4.78 is 2.40. The maximum Gasteiger partial charge on any atom is 0.336 e. The van der Waals surface area contributed by atoms with Crippen molar-refractivity contribution in [3.05, 3.63) is 131 Å². The standard InChI is InChI=1S/C14H10O4S.2C13H22N/c15-13(16)9-5-1-3-7-11(9)19-12-8-4-2-6-10(12)14(17)18;2*1-4-14(5-2,6-3)12-13-10-8-7-9-11-13/h1-8H,(H,15,16)(H,17,18);2*7-11H,4-6,12H2,1-3H3/q;2*+1. The Bertz CT molecular complexity index is 1360. The fourth-order valence-electron chi connectivity index (χ4n) is 5.54. The molecular formula is C40H54N2O4S+2. The van der Waals surface area contributed by atoms with Crippen molar-refractivity contribution in [3.63, 3.8) is 0 Å². The molecule has 252 valence electrons. The van der Waals surface area contributed by atoms with Crippen molar-refractivity contribution in [3.8, 4) is 0 Å². The van der Waals surface area contributed by atoms with Crippen molar-refractivity contribution in [1.29, 1.82) is 0 Å². The minimum Gasteiger partial charge on any atom is -0.478 e. The fraction of sp³-hybridized carbons (Fsp3) is 0.350. The molecule has 0 saturated carbocycles. The highest BCUT2D eigenvalue weighted by atomic mass is 32.2. The lowest BCUT2D eigenvalue weighted by molar-refractivity contribution is -0.936. The predicted molar refractivity (Wildman–Crippen MR) is 195 cm³/mol. The van der Waals surface area contributed by atoms with Gasteiger partial charge in [-0.2, -0.15) is 0 Å². The monoisotopic (exact) mass is 658 g/mol. The summed E-state index contributed by atoms with van der Waals surface area (Å²) in [4.78, 5) is 23.2. The molecule has 0 saturated heterocycles. The number of hydrogen-bond donors (Lipinski definition) is 2. The number of nitrogens with zero attached hydrogens (tertiary/aromatic N) is 2. The lowest BCUT2D eigenvalue weighted by Gasteiger charge is -2.35. The van der Waals surface area contributed by atoms with Crippen LogP contribution in [0.1, 0.15) is 73.4 Å². The van der Waals surface area contributed by atoms with E-state index in [0.717, 1.165) is 11.8 Å². The van der Waals surface area contributed by atoms with E-state index in [0.29, 0.717) is 9.79 Å². The minimum atomic E-state index is -1.03. The summed E-state index contributed by atoms with van der Waals surface area (Å²) in [5.41, 5.74) is 3.23. The first-order valence-corrected chi connectivity index (χ1v) is 17.5. The molecule has 0 radical (unpaired) electrons. The third kappa shape index (κ3) is 12.3. The van der Waals surface area contributed by atoms with Crippen LogP contribution in [-0.2, 0) is 13.1 Å². The van der Waals surface area contributed by atoms with Gasteiger partial charge in [-0.3, -0.25) is 0 Å². The van der Waals surface area contributed by atoms with E-state index in [-0.39, 0.29) is 11.1 Å². The molecule has 4 aromatic carbocycles. The second-order valence-electron chi connectivity index (χ2n) is 11.6. The first-order chi connectivity index (χ1) is 22.6. The quantitative estimate of drug-likeness (QED) is 0.132. The van der Waals surface area contributed by atoms with Crippen molar-refractivity contribution in [2.45, 2.75) is 64.4 Å². The molecule has 6 nitrogen and oxygen atoms in total. The first-order valence-electron chi connectivity index (χ1n) is 16.7. The molecule has 0 atom stereocenters. The summed E-state index contributed by atoms with van der Waals surface area (Å²) in [5.74, 6) is -2.06. The van der Waals surface area contributed by atoms with Crippen molar-refractivity contribution >= 4 is 23.7 Å². The summed E-state index contributed by atoms with van der Waals surface area (Å²) in [6.45, 7) is 23.4. The number of aromatic carboxylic acids is 2. The van der Waals surface area contributed by atoms with E-state index in [1.165, 1.54) is 84.6 Å². The lowest BCUT2D eigenvalue weighted by atomic mass is 10.2. The number of carbonyl (C=O) groups is 2. The topological polar surface area (TPSA) is 74.6 Å². The van der Waals surface area contributed by atoms with Gasteiger partial charge in [0.05, 0.1) is 50.4 Å². The summed E-state index contributed by atoms with van der Waals surface area (Å²) in [5, 5.41) is 18.2. The van der Waals surface area contributed by atoms with Crippen LogP contribution in [0.25, 0.3) is 0 Å². The molecule has 0 fully saturated rings. The van der Waals surface area contributed by atoms with Crippen molar-refractivity contribution < 1.29 is 28.8 Å². The van der Waals surface area contributed by atoms with Crippen LogP contribution in [0, 0.1) is 0 Å². The third-order valence-electron chi connectivity index (χ3n) is 9.20. The molecule has 7 heteroatoms. The van der Waals surface area contributed by atoms with E-state index in [9.17, 15) is 9.59 Å². The van der Waals surface area contributed by atoms with Crippen molar-refractivity contribution in [2.24, 2.45) is 0 Å². The maximum atomic E-state index is 11.1. The predicted octanol–water partition coefficient (Wildman–Crippen LogP) is 9.36. The van der Waals surface area contributed by atoms with Gasteiger partial charge in [0, 0.05) is 20.9 Å². The summed E-state index contributed by atoms with van der Waals surface area (Å²) in [7, 11) is 0. The molecule has 0 aliphatic heterocycles. The van der Waals surface area contributed by atoms with E-state index in [1.54, 1.807) is 36.4 Å². The Balaban J connectivity index is 0.000000250. The van der Waals surface area contributed by atoms with Gasteiger partial charge in [0.2, 0.25) is 0 Å². The van der Waals surface area contributed by atoms with E-state index in [1.807, 2.05) is 0 Å². The second kappa shape index (κ2) is 20.4. The highest BCUT2D eigenvalue weighted by molar-refractivity contribution is 7.99. The van der Waals surface area contributed by atoms with Crippen LogP contribution < -0.4 is 0 Å². The first kappa shape index (κ1) is 39.3. The summed E-state index contributed by atoms with van der Waals surface area (Å²) in [6, 6.07) is 34.6. The summed E-state index contributed by atoms with van der Waals surface area (Å²) in [6.07, 6.45) is 0. The lowest BCUT2D eigenvalue weighted by Crippen LogP contribution is -2.46. The molecule has 0 heterocycles. The average Bonchev–Trinajstić information content (AvgIpc) is 3.11. The van der Waals surface area contributed by atoms with Gasteiger partial charge in [0.25, 0.3) is 0 Å².